The molecule has 0 fully saturated rings. The Morgan fingerprint density at radius 3 is 2.67 bits per heavy atom. The third-order valence-electron chi connectivity index (χ3n) is 3.46. The van der Waals surface area contributed by atoms with Crippen LogP contribution in [0.3, 0.4) is 0 Å². The summed E-state index contributed by atoms with van der Waals surface area (Å²) in [6.07, 6.45) is 2.45. The normalized spacial score (nSPS) is 25.3. The van der Waals surface area contributed by atoms with E-state index in [1.807, 2.05) is 0 Å². The molecule has 0 spiro atoms. The van der Waals surface area contributed by atoms with E-state index < -0.39 is 0 Å². The van der Waals surface area contributed by atoms with Gasteiger partial charge in [-0.25, -0.2) is 0 Å². The highest BCUT2D eigenvalue weighted by atomic mass is 15.1. The molecule has 0 radical (unpaired) electrons. The molecular formula is C13H20N2. The Bertz CT molecular complexity index is 333. The largest absolute Gasteiger partial charge is 0.312 e. The summed E-state index contributed by atoms with van der Waals surface area (Å²) in [5, 5.41) is 3.45. The van der Waals surface area contributed by atoms with Crippen molar-refractivity contribution >= 4 is 0 Å². The molecule has 0 saturated heterocycles. The number of fused-ring (bicyclic) bond motifs is 1. The summed E-state index contributed by atoms with van der Waals surface area (Å²) in [5.74, 6) is 0. The molecule has 82 valence electrons. The topological polar surface area (TPSA) is 15.3 Å². The van der Waals surface area contributed by atoms with E-state index in [9.17, 15) is 0 Å². The number of hydrogen-bond acceptors (Lipinski definition) is 2. The molecule has 1 N–H and O–H groups in total. The van der Waals surface area contributed by atoms with Crippen molar-refractivity contribution in [3.63, 3.8) is 0 Å². The highest BCUT2D eigenvalue weighted by molar-refractivity contribution is 5.33. The Hall–Kier alpha value is -0.860. The minimum Gasteiger partial charge on any atom is -0.312 e. The second kappa shape index (κ2) is 4.33. The first-order valence-electron chi connectivity index (χ1n) is 5.65. The minimum absolute atomic E-state index is 0.477. The summed E-state index contributed by atoms with van der Waals surface area (Å²) < 4.78 is 0. The number of aryl methyl sites for hydroxylation is 1. The van der Waals surface area contributed by atoms with Crippen LogP contribution in [0.25, 0.3) is 0 Å². The van der Waals surface area contributed by atoms with E-state index in [1.165, 1.54) is 24.0 Å². The second-order valence-electron chi connectivity index (χ2n) is 4.53. The molecule has 2 rings (SSSR count). The molecule has 0 saturated carbocycles. The van der Waals surface area contributed by atoms with Gasteiger partial charge in [-0.1, -0.05) is 24.3 Å². The third-order valence-corrected chi connectivity index (χ3v) is 3.46. The fourth-order valence-corrected chi connectivity index (χ4v) is 2.65. The molecule has 15 heavy (non-hydrogen) atoms. The number of rotatable bonds is 2. The van der Waals surface area contributed by atoms with Crippen molar-refractivity contribution in [2.45, 2.75) is 24.9 Å². The lowest BCUT2D eigenvalue weighted by molar-refractivity contribution is 0.212. The zero-order valence-corrected chi connectivity index (χ0v) is 9.83. The van der Waals surface area contributed by atoms with E-state index in [1.54, 1.807) is 0 Å². The van der Waals surface area contributed by atoms with E-state index in [0.29, 0.717) is 12.1 Å². The van der Waals surface area contributed by atoms with Crippen molar-refractivity contribution in [3.8, 4) is 0 Å². The number of hydrogen-bond donors (Lipinski definition) is 1. The molecule has 1 aromatic rings. The first-order chi connectivity index (χ1) is 7.24. The Morgan fingerprint density at radius 2 is 2.00 bits per heavy atom. The van der Waals surface area contributed by atoms with Crippen LogP contribution >= 0.6 is 0 Å². The fourth-order valence-electron chi connectivity index (χ4n) is 2.65. The molecule has 0 amide bonds. The smallest absolute Gasteiger partial charge is 0.0478 e. The molecule has 2 heteroatoms. The van der Waals surface area contributed by atoms with Crippen molar-refractivity contribution in [3.05, 3.63) is 35.4 Å². The van der Waals surface area contributed by atoms with Crippen LogP contribution in [-0.2, 0) is 6.42 Å². The van der Waals surface area contributed by atoms with Crippen LogP contribution in [-0.4, -0.2) is 32.1 Å². The maximum atomic E-state index is 3.45. The summed E-state index contributed by atoms with van der Waals surface area (Å²) in [7, 11) is 6.40. The van der Waals surface area contributed by atoms with Crippen molar-refractivity contribution in [2.24, 2.45) is 0 Å². The molecule has 0 bridgehead atoms. The molecule has 0 heterocycles. The van der Waals surface area contributed by atoms with Gasteiger partial charge >= 0.3 is 0 Å². The Morgan fingerprint density at radius 1 is 1.27 bits per heavy atom. The first-order valence-corrected chi connectivity index (χ1v) is 5.65. The van der Waals surface area contributed by atoms with Crippen LogP contribution < -0.4 is 5.32 Å². The number of nitrogens with zero attached hydrogens (tertiary/aromatic N) is 1. The van der Waals surface area contributed by atoms with Gasteiger partial charge in [-0.15, -0.1) is 0 Å². The van der Waals surface area contributed by atoms with Crippen LogP contribution in [0.5, 0.6) is 0 Å². The number of benzene rings is 1. The van der Waals surface area contributed by atoms with Gasteiger partial charge < -0.3 is 10.2 Å². The quantitative estimate of drug-likeness (QED) is 0.790. The molecule has 2 nitrogen and oxygen atoms in total. The minimum atomic E-state index is 0.477. The number of nitrogens with one attached hydrogen (secondary N) is 1. The highest BCUT2D eigenvalue weighted by Gasteiger charge is 2.29. The lowest BCUT2D eigenvalue weighted by Crippen LogP contribution is -2.42. The van der Waals surface area contributed by atoms with E-state index in [0.717, 1.165) is 0 Å². The van der Waals surface area contributed by atoms with Crippen molar-refractivity contribution in [1.29, 1.82) is 0 Å². The fraction of sp³-hybridized carbons (Fsp3) is 0.538. The summed E-state index contributed by atoms with van der Waals surface area (Å²) in [5.41, 5.74) is 2.99. The Kier molecular flexibility index (Phi) is 3.08. The second-order valence-corrected chi connectivity index (χ2v) is 4.53. The summed E-state index contributed by atoms with van der Waals surface area (Å²) in [6, 6.07) is 9.88. The molecular weight excluding hydrogens is 184 g/mol. The van der Waals surface area contributed by atoms with Gasteiger partial charge in [0.25, 0.3) is 0 Å². The average Bonchev–Trinajstić information content (AvgIpc) is 2.27. The standard InChI is InChI=1S/C13H20N2/c1-14-13-11-7-5-4-6-10(11)8-9-12(13)15(2)3/h4-7,12-14H,8-9H2,1-3H3/t12-,13-/m0/s1. The van der Waals surface area contributed by atoms with E-state index in [2.05, 4.69) is 55.6 Å². The maximum Gasteiger partial charge on any atom is 0.0478 e. The van der Waals surface area contributed by atoms with Gasteiger partial charge in [0.1, 0.15) is 0 Å². The lowest BCUT2D eigenvalue weighted by Gasteiger charge is -2.37. The zero-order valence-electron chi connectivity index (χ0n) is 9.83. The lowest BCUT2D eigenvalue weighted by atomic mass is 9.83. The van der Waals surface area contributed by atoms with Crippen LogP contribution in [0.1, 0.15) is 23.6 Å². The molecule has 0 aromatic heterocycles. The van der Waals surface area contributed by atoms with E-state index >= 15 is 0 Å². The van der Waals surface area contributed by atoms with E-state index in [-0.39, 0.29) is 0 Å². The Labute approximate surface area is 92.3 Å². The van der Waals surface area contributed by atoms with Crippen molar-refractivity contribution in [1.82, 2.24) is 10.2 Å². The van der Waals surface area contributed by atoms with Crippen LogP contribution in [0.4, 0.5) is 0 Å². The van der Waals surface area contributed by atoms with Crippen LogP contribution in [0.15, 0.2) is 24.3 Å². The van der Waals surface area contributed by atoms with Crippen LogP contribution in [0, 0.1) is 0 Å². The predicted octanol–water partition coefficient (Wildman–Crippen LogP) is 1.82. The monoisotopic (exact) mass is 204 g/mol. The summed E-state index contributed by atoms with van der Waals surface area (Å²) in [4.78, 5) is 2.33. The van der Waals surface area contributed by atoms with E-state index in [4.69, 9.17) is 0 Å². The molecule has 1 aliphatic carbocycles. The first kappa shape index (κ1) is 10.7. The molecule has 1 aliphatic rings. The van der Waals surface area contributed by atoms with Crippen molar-refractivity contribution < 1.29 is 0 Å². The predicted molar refractivity (Wildman–Crippen MR) is 64.0 cm³/mol. The van der Waals surface area contributed by atoms with Gasteiger partial charge in [0, 0.05) is 12.1 Å². The van der Waals surface area contributed by atoms with Gasteiger partial charge in [0.2, 0.25) is 0 Å². The average molecular weight is 204 g/mol. The van der Waals surface area contributed by atoms with Gasteiger partial charge in [-0.05, 0) is 45.1 Å². The summed E-state index contributed by atoms with van der Waals surface area (Å²) >= 11 is 0. The third kappa shape index (κ3) is 1.92. The maximum absolute atomic E-state index is 3.45. The molecule has 0 unspecified atom stereocenters. The summed E-state index contributed by atoms with van der Waals surface area (Å²) in [6.45, 7) is 0. The molecule has 0 aliphatic heterocycles. The van der Waals surface area contributed by atoms with Crippen LogP contribution in [0.2, 0.25) is 0 Å². The zero-order chi connectivity index (χ0) is 10.8. The molecule has 1 aromatic carbocycles. The Balaban J connectivity index is 2.34. The van der Waals surface area contributed by atoms with Gasteiger partial charge in [-0.2, -0.15) is 0 Å². The molecule has 2 atom stereocenters. The van der Waals surface area contributed by atoms with Gasteiger partial charge in [-0.3, -0.25) is 0 Å². The number of likely N-dealkylation sites (N-methyl/N-ethyl adjacent to an activating group) is 2. The highest BCUT2D eigenvalue weighted by Crippen LogP contribution is 2.31. The SMILES string of the molecule is CN[C@H]1c2ccccc2CC[C@@H]1N(C)C. The van der Waals surface area contributed by atoms with Crippen molar-refractivity contribution in [2.75, 3.05) is 21.1 Å². The van der Waals surface area contributed by atoms with Gasteiger partial charge in [0.05, 0.1) is 0 Å². The van der Waals surface area contributed by atoms with Gasteiger partial charge in [0.15, 0.2) is 0 Å².